The number of nitrogens with zero attached hydrogens (tertiary/aromatic N) is 1. The van der Waals surface area contributed by atoms with Gasteiger partial charge in [-0.2, -0.15) is 0 Å². The van der Waals surface area contributed by atoms with Gasteiger partial charge in [0.1, 0.15) is 11.4 Å². The molecule has 1 amide bonds. The zero-order chi connectivity index (χ0) is 15.7. The Hall–Kier alpha value is -2.43. The van der Waals surface area contributed by atoms with Crippen molar-refractivity contribution in [1.29, 1.82) is 0 Å². The maximum atomic E-state index is 12.9. The van der Waals surface area contributed by atoms with Crippen LogP contribution in [0, 0.1) is 0 Å². The number of Topliss-reactive ketones (excluding diaryl/α,β-unsaturated/α-hetero) is 2. The highest BCUT2D eigenvalue weighted by Crippen LogP contribution is 2.29. The Morgan fingerprint density at radius 3 is 2.18 bits per heavy atom. The number of ketones is 2. The quantitative estimate of drug-likeness (QED) is 0.905. The lowest BCUT2D eigenvalue weighted by Crippen LogP contribution is -2.41. The van der Waals surface area contributed by atoms with E-state index in [1.807, 2.05) is 4.90 Å². The van der Waals surface area contributed by atoms with E-state index in [-0.39, 0.29) is 23.2 Å². The second kappa shape index (κ2) is 5.75. The minimum absolute atomic E-state index is 0.123. The average molecular weight is 298 g/mol. The van der Waals surface area contributed by atoms with Gasteiger partial charge in [-0.25, -0.2) is 0 Å². The third-order valence-corrected chi connectivity index (χ3v) is 4.07. The van der Waals surface area contributed by atoms with Crippen molar-refractivity contribution in [3.05, 3.63) is 46.8 Å². The van der Waals surface area contributed by atoms with Crippen LogP contribution in [-0.4, -0.2) is 35.5 Å². The summed E-state index contributed by atoms with van der Waals surface area (Å²) in [5, 5.41) is 2.58. The van der Waals surface area contributed by atoms with E-state index < -0.39 is 0 Å². The molecule has 0 bridgehead atoms. The molecular formula is C17H18N2O3. The summed E-state index contributed by atoms with van der Waals surface area (Å²) in [5.41, 5.74) is 1.25. The van der Waals surface area contributed by atoms with Gasteiger partial charge in [-0.05, 0) is 19.3 Å². The number of carbonyl (C=O) groups excluding carboxylic acids is 3. The molecule has 0 spiro atoms. The molecule has 1 aliphatic heterocycles. The Balaban J connectivity index is 2.12. The molecule has 0 atom stereocenters. The molecule has 0 saturated carbocycles. The fourth-order valence-corrected chi connectivity index (χ4v) is 3.07. The zero-order valence-corrected chi connectivity index (χ0v) is 12.5. The topological polar surface area (TPSA) is 66.5 Å². The van der Waals surface area contributed by atoms with Crippen LogP contribution in [0.3, 0.4) is 0 Å². The Bertz CT molecular complexity index is 685. The molecule has 5 heteroatoms. The van der Waals surface area contributed by atoms with Crippen LogP contribution in [0.15, 0.2) is 35.7 Å². The van der Waals surface area contributed by atoms with Gasteiger partial charge in [0.2, 0.25) is 17.5 Å². The predicted molar refractivity (Wildman–Crippen MR) is 81.4 cm³/mol. The average Bonchev–Trinajstić information content (AvgIpc) is 2.53. The lowest BCUT2D eigenvalue weighted by molar-refractivity contribution is -0.118. The number of likely N-dealkylation sites (tertiary alicyclic amines) is 1. The number of fused-ring (bicyclic) bond motifs is 1. The van der Waals surface area contributed by atoms with Crippen LogP contribution in [0.25, 0.3) is 0 Å². The molecule has 1 aromatic carbocycles. The van der Waals surface area contributed by atoms with Crippen molar-refractivity contribution in [3.8, 4) is 0 Å². The van der Waals surface area contributed by atoms with E-state index in [9.17, 15) is 14.4 Å². The van der Waals surface area contributed by atoms with Crippen molar-refractivity contribution < 1.29 is 14.4 Å². The number of amides is 1. The number of carbonyl (C=O) groups is 3. The largest absolute Gasteiger partial charge is 0.367 e. The van der Waals surface area contributed by atoms with Gasteiger partial charge < -0.3 is 10.2 Å². The summed E-state index contributed by atoms with van der Waals surface area (Å²) >= 11 is 0. The smallest absolute Gasteiger partial charge is 0.221 e. The van der Waals surface area contributed by atoms with Crippen LogP contribution in [-0.2, 0) is 4.79 Å². The van der Waals surface area contributed by atoms with Crippen molar-refractivity contribution in [2.75, 3.05) is 13.1 Å². The summed E-state index contributed by atoms with van der Waals surface area (Å²) in [6, 6.07) is 6.77. The Morgan fingerprint density at radius 2 is 1.59 bits per heavy atom. The summed E-state index contributed by atoms with van der Waals surface area (Å²) < 4.78 is 0. The van der Waals surface area contributed by atoms with Gasteiger partial charge in [-0.3, -0.25) is 14.4 Å². The number of hydrogen-bond donors (Lipinski definition) is 1. The van der Waals surface area contributed by atoms with Crippen molar-refractivity contribution in [2.45, 2.75) is 26.2 Å². The standard InChI is InChI=1S/C17H18N2O3/c1-11(20)18-14-15(19-9-5-2-6-10-19)17(22)13-8-4-3-7-12(13)16(14)21/h3-4,7-8H,2,5-6,9-10H2,1H3,(H,18,20). The molecule has 0 aromatic heterocycles. The van der Waals surface area contributed by atoms with Gasteiger partial charge in [0, 0.05) is 31.1 Å². The predicted octanol–water partition coefficient (Wildman–Crippen LogP) is 1.90. The number of allylic oxidation sites excluding steroid dienone is 2. The van der Waals surface area contributed by atoms with Gasteiger partial charge >= 0.3 is 0 Å². The number of benzene rings is 1. The molecule has 0 radical (unpaired) electrons. The van der Waals surface area contributed by atoms with Gasteiger partial charge in [0.05, 0.1) is 0 Å². The van der Waals surface area contributed by atoms with Crippen LogP contribution >= 0.6 is 0 Å². The SMILES string of the molecule is CC(=O)NC1=C(N2CCCCC2)C(=O)c2ccccc2C1=O. The highest BCUT2D eigenvalue weighted by Gasteiger charge is 2.35. The van der Waals surface area contributed by atoms with Crippen molar-refractivity contribution in [3.63, 3.8) is 0 Å². The zero-order valence-electron chi connectivity index (χ0n) is 12.5. The first-order chi connectivity index (χ1) is 10.6. The molecule has 1 fully saturated rings. The molecule has 1 aliphatic carbocycles. The Morgan fingerprint density at radius 1 is 1.00 bits per heavy atom. The lowest BCUT2D eigenvalue weighted by atomic mass is 9.89. The molecule has 0 unspecified atom stereocenters. The van der Waals surface area contributed by atoms with Crippen molar-refractivity contribution >= 4 is 17.5 Å². The summed E-state index contributed by atoms with van der Waals surface area (Å²) in [6.07, 6.45) is 3.10. The minimum Gasteiger partial charge on any atom is -0.367 e. The van der Waals surface area contributed by atoms with E-state index >= 15 is 0 Å². The van der Waals surface area contributed by atoms with Crippen LogP contribution < -0.4 is 5.32 Å². The third-order valence-electron chi connectivity index (χ3n) is 4.07. The summed E-state index contributed by atoms with van der Waals surface area (Å²) in [7, 11) is 0. The van der Waals surface area contributed by atoms with Crippen LogP contribution in [0.1, 0.15) is 46.9 Å². The van der Waals surface area contributed by atoms with Gasteiger partial charge in [-0.1, -0.05) is 24.3 Å². The fourth-order valence-electron chi connectivity index (χ4n) is 3.07. The van der Waals surface area contributed by atoms with Crippen molar-refractivity contribution in [2.24, 2.45) is 0 Å². The molecule has 1 N–H and O–H groups in total. The van der Waals surface area contributed by atoms with Crippen LogP contribution in [0.5, 0.6) is 0 Å². The van der Waals surface area contributed by atoms with Crippen LogP contribution in [0.2, 0.25) is 0 Å². The molecule has 1 aromatic rings. The van der Waals surface area contributed by atoms with Gasteiger partial charge in [-0.15, -0.1) is 0 Å². The van der Waals surface area contributed by atoms with Gasteiger partial charge in [0.25, 0.3) is 0 Å². The van der Waals surface area contributed by atoms with Gasteiger partial charge in [0.15, 0.2) is 0 Å². The van der Waals surface area contributed by atoms with E-state index in [0.717, 1.165) is 32.4 Å². The monoisotopic (exact) mass is 298 g/mol. The Labute approximate surface area is 129 Å². The maximum Gasteiger partial charge on any atom is 0.221 e. The van der Waals surface area contributed by atoms with E-state index in [1.165, 1.54) is 6.92 Å². The molecule has 114 valence electrons. The molecule has 1 saturated heterocycles. The van der Waals surface area contributed by atoms with E-state index in [1.54, 1.807) is 24.3 Å². The summed E-state index contributed by atoms with van der Waals surface area (Å²) in [4.78, 5) is 39.0. The number of hydrogen-bond acceptors (Lipinski definition) is 4. The van der Waals surface area contributed by atoms with Crippen molar-refractivity contribution in [1.82, 2.24) is 10.2 Å². The lowest BCUT2D eigenvalue weighted by Gasteiger charge is -2.33. The van der Waals surface area contributed by atoms with E-state index in [4.69, 9.17) is 0 Å². The number of rotatable bonds is 2. The molecular weight excluding hydrogens is 280 g/mol. The van der Waals surface area contributed by atoms with Crippen LogP contribution in [0.4, 0.5) is 0 Å². The highest BCUT2D eigenvalue weighted by molar-refractivity contribution is 6.27. The molecule has 22 heavy (non-hydrogen) atoms. The third kappa shape index (κ3) is 2.43. The normalized spacial score (nSPS) is 18.3. The first kappa shape index (κ1) is 14.5. The Kier molecular flexibility index (Phi) is 3.79. The molecule has 1 heterocycles. The fraction of sp³-hybridized carbons (Fsp3) is 0.353. The summed E-state index contributed by atoms with van der Waals surface area (Å²) in [5.74, 6) is -0.808. The number of piperidine rings is 1. The molecule has 2 aliphatic rings. The van der Waals surface area contributed by atoms with E-state index in [0.29, 0.717) is 16.8 Å². The molecule has 5 nitrogen and oxygen atoms in total. The second-order valence-electron chi connectivity index (χ2n) is 5.66. The second-order valence-corrected chi connectivity index (χ2v) is 5.66. The first-order valence-corrected chi connectivity index (χ1v) is 7.55. The molecule has 3 rings (SSSR count). The first-order valence-electron chi connectivity index (χ1n) is 7.55. The number of nitrogens with one attached hydrogen (secondary N) is 1. The minimum atomic E-state index is -0.343. The van der Waals surface area contributed by atoms with E-state index in [2.05, 4.69) is 5.32 Å². The highest BCUT2D eigenvalue weighted by atomic mass is 16.2. The summed E-state index contributed by atoms with van der Waals surface area (Å²) in [6.45, 7) is 2.82. The maximum absolute atomic E-state index is 12.9.